The molecule has 0 heterocycles. The van der Waals surface area contributed by atoms with Crippen LogP contribution in [-0.2, 0) is 0 Å². The van der Waals surface area contributed by atoms with Gasteiger partial charge in [0.15, 0.2) is 0 Å². The molecule has 15 heavy (non-hydrogen) atoms. The van der Waals surface area contributed by atoms with Gasteiger partial charge in [-0.3, -0.25) is 0 Å². The second-order valence-corrected chi connectivity index (χ2v) is 3.48. The van der Waals surface area contributed by atoms with Crippen LogP contribution in [0.5, 0.6) is 0 Å². The first-order valence-electron chi connectivity index (χ1n) is 4.80. The minimum atomic E-state index is -0.678. The monoisotopic (exact) mass is 201 g/mol. The quantitative estimate of drug-likeness (QED) is 0.445. The zero-order chi connectivity index (χ0) is 10.7. The lowest BCUT2D eigenvalue weighted by atomic mass is 10.0. The lowest BCUT2D eigenvalue weighted by Gasteiger charge is -2.12. The number of rotatable bonds is 2. The van der Waals surface area contributed by atoms with Crippen molar-refractivity contribution in [1.29, 1.82) is 0 Å². The predicted octanol–water partition coefficient (Wildman–Crippen LogP) is 2.51. The molecule has 0 unspecified atom stereocenters. The molecule has 1 N–H and O–H groups in total. The van der Waals surface area contributed by atoms with Gasteiger partial charge in [0.25, 0.3) is 0 Å². The molecule has 1 aliphatic rings. The van der Waals surface area contributed by atoms with E-state index in [0.29, 0.717) is 6.42 Å². The molecule has 76 valence electrons. The Bertz CT molecular complexity index is 421. The fraction of sp³-hybridized carbons (Fsp3) is 0.273. The molecule has 0 saturated heterocycles. The summed E-state index contributed by atoms with van der Waals surface area (Å²) in [5, 5.41) is 13.5. The maximum absolute atomic E-state index is 9.90. The van der Waals surface area contributed by atoms with Crippen LogP contribution >= 0.6 is 0 Å². The van der Waals surface area contributed by atoms with E-state index >= 15 is 0 Å². The molecule has 4 nitrogen and oxygen atoms in total. The Kier molecular flexibility index (Phi) is 2.72. The van der Waals surface area contributed by atoms with Gasteiger partial charge in [-0.05, 0) is 23.1 Å². The summed E-state index contributed by atoms with van der Waals surface area (Å²) in [4.78, 5) is 2.73. The summed E-state index contributed by atoms with van der Waals surface area (Å²) in [7, 11) is 0. The lowest BCUT2D eigenvalue weighted by Crippen LogP contribution is -2.19. The Morgan fingerprint density at radius 2 is 2.07 bits per heavy atom. The first kappa shape index (κ1) is 9.77. The molecule has 0 saturated carbocycles. The van der Waals surface area contributed by atoms with Crippen LogP contribution in [0.2, 0.25) is 0 Å². The standard InChI is InChI=1S/C11H11N3O/c12-14-13-10-7-6-9(11(10)15)8-4-2-1-3-5-8/h1-6,10-11,15H,7H2/t10-,11-/m1/s1. The number of hydrogen-bond donors (Lipinski definition) is 1. The Balaban J connectivity index is 2.24. The highest BCUT2D eigenvalue weighted by molar-refractivity contribution is 5.71. The number of azide groups is 1. The van der Waals surface area contributed by atoms with E-state index in [4.69, 9.17) is 5.53 Å². The van der Waals surface area contributed by atoms with Crippen molar-refractivity contribution >= 4 is 5.57 Å². The van der Waals surface area contributed by atoms with E-state index < -0.39 is 6.10 Å². The second-order valence-electron chi connectivity index (χ2n) is 3.48. The van der Waals surface area contributed by atoms with Gasteiger partial charge in [-0.15, -0.1) is 0 Å². The van der Waals surface area contributed by atoms with Crippen molar-refractivity contribution in [2.24, 2.45) is 5.11 Å². The normalized spacial score (nSPS) is 24.5. The van der Waals surface area contributed by atoms with Gasteiger partial charge in [0.1, 0.15) is 0 Å². The first-order valence-corrected chi connectivity index (χ1v) is 4.80. The Morgan fingerprint density at radius 3 is 2.73 bits per heavy atom. The molecule has 1 aliphatic carbocycles. The minimum absolute atomic E-state index is 0.356. The molecule has 0 radical (unpaired) electrons. The molecular formula is C11H11N3O. The summed E-state index contributed by atoms with van der Waals surface area (Å²) >= 11 is 0. The van der Waals surface area contributed by atoms with Crippen LogP contribution in [-0.4, -0.2) is 17.3 Å². The van der Waals surface area contributed by atoms with Gasteiger partial charge in [-0.1, -0.05) is 41.5 Å². The molecule has 2 rings (SSSR count). The topological polar surface area (TPSA) is 69.0 Å². The van der Waals surface area contributed by atoms with Gasteiger partial charge in [-0.2, -0.15) is 0 Å². The fourth-order valence-corrected chi connectivity index (χ4v) is 1.80. The van der Waals surface area contributed by atoms with E-state index in [9.17, 15) is 5.11 Å². The van der Waals surface area contributed by atoms with Gasteiger partial charge < -0.3 is 5.11 Å². The zero-order valence-corrected chi connectivity index (χ0v) is 8.11. The molecule has 1 aromatic carbocycles. The smallest absolute Gasteiger partial charge is 0.0880 e. The van der Waals surface area contributed by atoms with Crippen molar-refractivity contribution in [2.75, 3.05) is 0 Å². The molecule has 0 aliphatic heterocycles. The molecule has 4 heteroatoms. The Labute approximate surface area is 87.5 Å². The van der Waals surface area contributed by atoms with Crippen LogP contribution in [0.25, 0.3) is 16.0 Å². The predicted molar refractivity (Wildman–Crippen MR) is 58.0 cm³/mol. The van der Waals surface area contributed by atoms with Gasteiger partial charge in [-0.25, -0.2) is 0 Å². The van der Waals surface area contributed by atoms with Crippen LogP contribution in [0.15, 0.2) is 41.5 Å². The highest BCUT2D eigenvalue weighted by atomic mass is 16.3. The summed E-state index contributed by atoms with van der Waals surface area (Å²) in [6.07, 6.45) is 1.86. The molecule has 0 spiro atoms. The second kappa shape index (κ2) is 4.17. The maximum Gasteiger partial charge on any atom is 0.0880 e. The van der Waals surface area contributed by atoms with E-state index in [2.05, 4.69) is 10.0 Å². The third-order valence-electron chi connectivity index (χ3n) is 2.57. The van der Waals surface area contributed by atoms with Crippen LogP contribution in [0.3, 0.4) is 0 Å². The van der Waals surface area contributed by atoms with E-state index in [0.717, 1.165) is 11.1 Å². The van der Waals surface area contributed by atoms with Crippen molar-refractivity contribution in [1.82, 2.24) is 0 Å². The van der Waals surface area contributed by atoms with Gasteiger partial charge in [0.2, 0.25) is 0 Å². The number of nitrogens with zero attached hydrogens (tertiary/aromatic N) is 3. The molecule has 0 aromatic heterocycles. The third kappa shape index (κ3) is 1.86. The van der Waals surface area contributed by atoms with E-state index in [-0.39, 0.29) is 6.04 Å². The Hall–Kier alpha value is -1.77. The molecule has 1 aromatic rings. The summed E-state index contributed by atoms with van der Waals surface area (Å²) in [6, 6.07) is 9.29. The van der Waals surface area contributed by atoms with Crippen molar-refractivity contribution in [3.05, 3.63) is 52.4 Å². The van der Waals surface area contributed by atoms with Crippen LogP contribution < -0.4 is 0 Å². The highest BCUT2D eigenvalue weighted by Gasteiger charge is 2.27. The first-order chi connectivity index (χ1) is 7.33. The number of benzene rings is 1. The highest BCUT2D eigenvalue weighted by Crippen LogP contribution is 2.30. The van der Waals surface area contributed by atoms with Gasteiger partial charge in [0.05, 0.1) is 12.1 Å². The van der Waals surface area contributed by atoms with Gasteiger partial charge >= 0.3 is 0 Å². The summed E-state index contributed by atoms with van der Waals surface area (Å²) in [5.74, 6) is 0. The van der Waals surface area contributed by atoms with Crippen LogP contribution in [0.1, 0.15) is 12.0 Å². The third-order valence-corrected chi connectivity index (χ3v) is 2.57. The number of hydrogen-bond acceptors (Lipinski definition) is 2. The Morgan fingerprint density at radius 1 is 1.33 bits per heavy atom. The van der Waals surface area contributed by atoms with E-state index in [1.165, 1.54) is 0 Å². The molecule has 0 fully saturated rings. The SMILES string of the molecule is [N-]=[N+]=N[C@@H]1CC=C(c2ccccc2)[C@H]1O. The van der Waals surface area contributed by atoms with Crippen molar-refractivity contribution in [2.45, 2.75) is 18.6 Å². The minimum Gasteiger partial charge on any atom is -0.388 e. The van der Waals surface area contributed by atoms with Crippen LogP contribution in [0, 0.1) is 0 Å². The average molecular weight is 201 g/mol. The number of aliphatic hydroxyl groups excluding tert-OH is 1. The molecule has 2 atom stereocenters. The average Bonchev–Trinajstić information content (AvgIpc) is 2.63. The maximum atomic E-state index is 9.90. The van der Waals surface area contributed by atoms with E-state index in [1.54, 1.807) is 0 Å². The van der Waals surface area contributed by atoms with Crippen molar-refractivity contribution < 1.29 is 5.11 Å². The molecule has 0 amide bonds. The summed E-state index contributed by atoms with van der Waals surface area (Å²) < 4.78 is 0. The van der Waals surface area contributed by atoms with E-state index in [1.807, 2.05) is 36.4 Å². The molecular weight excluding hydrogens is 190 g/mol. The van der Waals surface area contributed by atoms with Gasteiger partial charge in [0, 0.05) is 4.91 Å². The fourth-order valence-electron chi connectivity index (χ4n) is 1.80. The van der Waals surface area contributed by atoms with Crippen LogP contribution in [0.4, 0.5) is 0 Å². The molecule has 0 bridgehead atoms. The van der Waals surface area contributed by atoms with Crippen molar-refractivity contribution in [3.63, 3.8) is 0 Å². The van der Waals surface area contributed by atoms with Crippen molar-refractivity contribution in [3.8, 4) is 0 Å². The zero-order valence-electron chi connectivity index (χ0n) is 8.11. The summed E-state index contributed by atoms with van der Waals surface area (Å²) in [5.41, 5.74) is 10.2. The summed E-state index contributed by atoms with van der Waals surface area (Å²) in [6.45, 7) is 0. The largest absolute Gasteiger partial charge is 0.388 e. The lowest BCUT2D eigenvalue weighted by molar-refractivity contribution is 0.210. The number of aliphatic hydroxyl groups is 1.